The Morgan fingerprint density at radius 2 is 1.90 bits per heavy atom. The van der Waals surface area contributed by atoms with Crippen LogP contribution in [0.3, 0.4) is 0 Å². The fourth-order valence-corrected chi connectivity index (χ4v) is 3.56. The Kier molecular flexibility index (Phi) is 5.76. The maximum atomic E-state index is 12.2. The van der Waals surface area contributed by atoms with E-state index < -0.39 is 10.2 Å². The predicted octanol–water partition coefficient (Wildman–Crippen LogP) is 0.851. The molecule has 114 valence electrons. The predicted molar refractivity (Wildman–Crippen MR) is 81.6 cm³/mol. The van der Waals surface area contributed by atoms with E-state index >= 15 is 0 Å². The lowest BCUT2D eigenvalue weighted by molar-refractivity contribution is 0.341. The highest BCUT2D eigenvalue weighted by atomic mass is 32.2. The van der Waals surface area contributed by atoms with Crippen LogP contribution in [-0.4, -0.2) is 37.5 Å². The van der Waals surface area contributed by atoms with Gasteiger partial charge in [-0.1, -0.05) is 36.5 Å². The van der Waals surface area contributed by atoms with Gasteiger partial charge < -0.3 is 5.11 Å². The van der Waals surface area contributed by atoms with Crippen molar-refractivity contribution >= 4 is 10.2 Å². The van der Waals surface area contributed by atoms with E-state index in [2.05, 4.69) is 16.6 Å². The van der Waals surface area contributed by atoms with E-state index in [0.29, 0.717) is 13.1 Å². The lowest BCUT2D eigenvalue weighted by Gasteiger charge is -2.26. The van der Waals surface area contributed by atoms with Crippen molar-refractivity contribution < 1.29 is 13.5 Å². The molecule has 6 heteroatoms. The van der Waals surface area contributed by atoms with E-state index in [4.69, 9.17) is 5.11 Å². The van der Waals surface area contributed by atoms with Crippen molar-refractivity contribution in [3.8, 4) is 11.8 Å². The largest absolute Gasteiger partial charge is 0.384 e. The van der Waals surface area contributed by atoms with Crippen LogP contribution in [0.2, 0.25) is 0 Å². The lowest BCUT2D eigenvalue weighted by Crippen LogP contribution is -2.43. The zero-order valence-corrected chi connectivity index (χ0v) is 12.7. The Hall–Kier alpha value is -1.39. The summed E-state index contributed by atoms with van der Waals surface area (Å²) in [4.78, 5) is 0. The fourth-order valence-electron chi connectivity index (χ4n) is 2.30. The maximum absolute atomic E-state index is 12.2. The molecule has 1 aromatic rings. The Bertz CT molecular complexity index is 626. The molecule has 1 aliphatic heterocycles. The van der Waals surface area contributed by atoms with Gasteiger partial charge in [-0.15, -0.1) is 0 Å². The third kappa shape index (κ3) is 4.55. The Morgan fingerprint density at radius 1 is 1.19 bits per heavy atom. The summed E-state index contributed by atoms with van der Waals surface area (Å²) in [7, 11) is -3.43. The molecule has 0 aromatic heterocycles. The van der Waals surface area contributed by atoms with Crippen molar-refractivity contribution in [2.75, 3.05) is 19.7 Å². The number of hydrogen-bond acceptors (Lipinski definition) is 3. The molecule has 1 heterocycles. The summed E-state index contributed by atoms with van der Waals surface area (Å²) in [6.07, 6.45) is 2.92. The van der Waals surface area contributed by atoms with Crippen molar-refractivity contribution in [2.24, 2.45) is 0 Å². The molecule has 5 nitrogen and oxygen atoms in total. The zero-order chi connectivity index (χ0) is 15.1. The first kappa shape index (κ1) is 16.0. The number of nitrogens with one attached hydrogen (secondary N) is 1. The minimum absolute atomic E-state index is 0.203. The molecule has 2 rings (SSSR count). The first-order valence-corrected chi connectivity index (χ1v) is 8.50. The number of rotatable bonds is 4. The van der Waals surface area contributed by atoms with Crippen LogP contribution in [-0.2, 0) is 16.8 Å². The van der Waals surface area contributed by atoms with Crippen LogP contribution in [0.25, 0.3) is 0 Å². The summed E-state index contributed by atoms with van der Waals surface area (Å²) < 4.78 is 28.6. The number of aliphatic hydroxyl groups excluding tert-OH is 1. The molecule has 0 spiro atoms. The first-order valence-electron chi connectivity index (χ1n) is 7.06. The van der Waals surface area contributed by atoms with E-state index in [9.17, 15) is 8.42 Å². The molecule has 0 radical (unpaired) electrons. The van der Waals surface area contributed by atoms with Gasteiger partial charge in [0.05, 0.1) is 0 Å². The third-order valence-corrected chi connectivity index (χ3v) is 4.97. The second-order valence-electron chi connectivity index (χ2n) is 4.90. The molecular weight excluding hydrogens is 288 g/mol. The van der Waals surface area contributed by atoms with Crippen LogP contribution in [0.5, 0.6) is 0 Å². The SMILES string of the molecule is O=S(=O)(NCc1ccccc1C#CCO)N1CCCCC1. The summed E-state index contributed by atoms with van der Waals surface area (Å²) in [5.41, 5.74) is 1.53. The van der Waals surface area contributed by atoms with Crippen LogP contribution in [0.15, 0.2) is 24.3 Å². The minimum atomic E-state index is -3.43. The Morgan fingerprint density at radius 3 is 2.62 bits per heavy atom. The number of nitrogens with zero attached hydrogens (tertiary/aromatic N) is 1. The van der Waals surface area contributed by atoms with E-state index in [1.54, 1.807) is 0 Å². The Labute approximate surface area is 126 Å². The molecule has 0 amide bonds. The quantitative estimate of drug-likeness (QED) is 0.810. The highest BCUT2D eigenvalue weighted by Crippen LogP contribution is 2.13. The topological polar surface area (TPSA) is 69.6 Å². The molecular formula is C15H20N2O3S. The third-order valence-electron chi connectivity index (χ3n) is 3.42. The summed E-state index contributed by atoms with van der Waals surface area (Å²) in [6, 6.07) is 7.33. The molecule has 2 N–H and O–H groups in total. The second-order valence-corrected chi connectivity index (χ2v) is 6.66. The van der Waals surface area contributed by atoms with Gasteiger partial charge in [-0.25, -0.2) is 0 Å². The number of aliphatic hydroxyl groups is 1. The monoisotopic (exact) mass is 308 g/mol. The van der Waals surface area contributed by atoms with Crippen LogP contribution in [0, 0.1) is 11.8 Å². The summed E-state index contributed by atoms with van der Waals surface area (Å²) in [5.74, 6) is 5.41. The van der Waals surface area contributed by atoms with Gasteiger partial charge in [-0.2, -0.15) is 17.4 Å². The van der Waals surface area contributed by atoms with Gasteiger partial charge in [-0.05, 0) is 24.5 Å². The van der Waals surface area contributed by atoms with Gasteiger partial charge in [0.2, 0.25) is 0 Å². The molecule has 1 aliphatic rings. The van der Waals surface area contributed by atoms with Gasteiger partial charge in [0.25, 0.3) is 10.2 Å². The molecule has 1 fully saturated rings. The molecule has 21 heavy (non-hydrogen) atoms. The number of hydrogen-bond donors (Lipinski definition) is 2. The van der Waals surface area contributed by atoms with Crippen molar-refractivity contribution in [3.05, 3.63) is 35.4 Å². The van der Waals surface area contributed by atoms with Crippen LogP contribution in [0.1, 0.15) is 30.4 Å². The standard InChI is InChI=1S/C15H20N2O3S/c18-12-6-9-14-7-2-3-8-15(14)13-16-21(19,20)17-10-4-1-5-11-17/h2-3,7-8,16,18H,1,4-5,10-13H2. The number of piperidine rings is 1. The molecule has 0 atom stereocenters. The van der Waals surface area contributed by atoms with Gasteiger partial charge >= 0.3 is 0 Å². The van der Waals surface area contributed by atoms with Crippen LogP contribution < -0.4 is 4.72 Å². The molecule has 0 unspecified atom stereocenters. The van der Waals surface area contributed by atoms with E-state index in [1.807, 2.05) is 24.3 Å². The highest BCUT2D eigenvalue weighted by molar-refractivity contribution is 7.87. The maximum Gasteiger partial charge on any atom is 0.279 e. The van der Waals surface area contributed by atoms with Crippen molar-refractivity contribution in [3.63, 3.8) is 0 Å². The lowest BCUT2D eigenvalue weighted by atomic mass is 10.1. The van der Waals surface area contributed by atoms with Gasteiger partial charge in [0, 0.05) is 25.2 Å². The second kappa shape index (κ2) is 7.57. The zero-order valence-electron chi connectivity index (χ0n) is 11.9. The van der Waals surface area contributed by atoms with Crippen LogP contribution >= 0.6 is 0 Å². The average Bonchev–Trinajstić information content (AvgIpc) is 2.52. The molecule has 1 aromatic carbocycles. The van der Waals surface area contributed by atoms with Gasteiger partial charge in [-0.3, -0.25) is 0 Å². The van der Waals surface area contributed by atoms with E-state index in [1.165, 1.54) is 4.31 Å². The molecule has 0 aliphatic carbocycles. The van der Waals surface area contributed by atoms with E-state index in [-0.39, 0.29) is 13.2 Å². The van der Waals surface area contributed by atoms with Crippen molar-refractivity contribution in [1.82, 2.24) is 9.03 Å². The van der Waals surface area contributed by atoms with Crippen LogP contribution in [0.4, 0.5) is 0 Å². The average molecular weight is 308 g/mol. The summed E-state index contributed by atoms with van der Waals surface area (Å²) in [6.45, 7) is 1.16. The molecule has 1 saturated heterocycles. The van der Waals surface area contributed by atoms with E-state index in [0.717, 1.165) is 30.4 Å². The smallest absolute Gasteiger partial charge is 0.279 e. The highest BCUT2D eigenvalue weighted by Gasteiger charge is 2.23. The van der Waals surface area contributed by atoms with Crippen molar-refractivity contribution in [1.29, 1.82) is 0 Å². The number of benzene rings is 1. The Balaban J connectivity index is 2.05. The first-order chi connectivity index (χ1) is 10.1. The van der Waals surface area contributed by atoms with Gasteiger partial charge in [0.15, 0.2) is 0 Å². The van der Waals surface area contributed by atoms with Gasteiger partial charge in [0.1, 0.15) is 6.61 Å². The molecule has 0 bridgehead atoms. The van der Waals surface area contributed by atoms with Crippen molar-refractivity contribution in [2.45, 2.75) is 25.8 Å². The fraction of sp³-hybridized carbons (Fsp3) is 0.467. The summed E-state index contributed by atoms with van der Waals surface area (Å²) in [5, 5.41) is 8.76. The summed E-state index contributed by atoms with van der Waals surface area (Å²) >= 11 is 0. The minimum Gasteiger partial charge on any atom is -0.384 e. The normalized spacial score (nSPS) is 16.2. The molecule has 0 saturated carbocycles.